The Morgan fingerprint density at radius 3 is 2.46 bits per heavy atom. The maximum absolute atomic E-state index is 12.9. The van der Waals surface area contributed by atoms with Gasteiger partial charge in [0.1, 0.15) is 22.8 Å². The van der Waals surface area contributed by atoms with Gasteiger partial charge in [0.25, 0.3) is 0 Å². The van der Waals surface area contributed by atoms with Crippen LogP contribution in [0, 0.1) is 0 Å². The summed E-state index contributed by atoms with van der Waals surface area (Å²) in [6, 6.07) is 6.34. The van der Waals surface area contributed by atoms with Gasteiger partial charge in [-0.2, -0.15) is 0 Å². The molecule has 8 nitrogen and oxygen atoms in total. The highest BCUT2D eigenvalue weighted by molar-refractivity contribution is 6.06. The number of benzene rings is 2. The van der Waals surface area contributed by atoms with Gasteiger partial charge in [0.2, 0.25) is 11.9 Å². The number of ketones is 1. The van der Waals surface area contributed by atoms with Gasteiger partial charge < -0.3 is 29.5 Å². The fraction of sp³-hybridized carbons (Fsp3) is 0.222. The number of phenols is 3. The van der Waals surface area contributed by atoms with Crippen LogP contribution in [0.2, 0.25) is 0 Å². The Morgan fingerprint density at radius 2 is 1.85 bits per heavy atom. The number of phenolic OH excluding ortho intramolecular Hbond substituents is 3. The average molecular weight is 360 g/mol. The molecule has 0 radical (unpaired) electrons. The molecule has 26 heavy (non-hydrogen) atoms. The number of hydrogen-bond donors (Lipinski definition) is 3. The van der Waals surface area contributed by atoms with E-state index >= 15 is 0 Å². The highest BCUT2D eigenvalue weighted by Gasteiger charge is 2.43. The number of aromatic hydroxyl groups is 3. The summed E-state index contributed by atoms with van der Waals surface area (Å²) in [4.78, 5) is 24.4. The van der Waals surface area contributed by atoms with Crippen LogP contribution in [0.5, 0.6) is 28.7 Å². The summed E-state index contributed by atoms with van der Waals surface area (Å²) in [5, 5.41) is 29.0. The molecule has 8 heteroatoms. The van der Waals surface area contributed by atoms with Gasteiger partial charge in [-0.05, 0) is 12.1 Å². The molecular formula is C18H16O8. The molecule has 3 N–H and O–H groups in total. The first-order valence-corrected chi connectivity index (χ1v) is 7.62. The zero-order valence-electron chi connectivity index (χ0n) is 13.9. The molecule has 0 aromatic heterocycles. The summed E-state index contributed by atoms with van der Waals surface area (Å²) < 4.78 is 16.1. The molecule has 0 amide bonds. The second-order valence-corrected chi connectivity index (χ2v) is 5.70. The molecule has 3 rings (SSSR count). The number of methoxy groups -OCH3 is 1. The molecule has 2 atom stereocenters. The highest BCUT2D eigenvalue weighted by atomic mass is 16.6. The second-order valence-electron chi connectivity index (χ2n) is 5.70. The summed E-state index contributed by atoms with van der Waals surface area (Å²) in [5.74, 6) is -2.08. The van der Waals surface area contributed by atoms with Crippen LogP contribution in [-0.4, -0.2) is 40.3 Å². The minimum absolute atomic E-state index is 0.0378. The third-order valence-corrected chi connectivity index (χ3v) is 3.93. The van der Waals surface area contributed by atoms with Crippen molar-refractivity contribution in [3.8, 4) is 28.7 Å². The van der Waals surface area contributed by atoms with Crippen molar-refractivity contribution in [1.82, 2.24) is 0 Å². The number of fused-ring (bicyclic) bond motifs is 1. The first kappa shape index (κ1) is 17.4. The molecule has 1 aliphatic rings. The van der Waals surface area contributed by atoms with E-state index in [1.807, 2.05) is 0 Å². The van der Waals surface area contributed by atoms with Crippen LogP contribution in [0.15, 0.2) is 30.3 Å². The van der Waals surface area contributed by atoms with Crippen molar-refractivity contribution < 1.29 is 39.1 Å². The number of rotatable bonds is 3. The van der Waals surface area contributed by atoms with Crippen LogP contribution in [0.4, 0.5) is 0 Å². The second kappa shape index (κ2) is 6.47. The van der Waals surface area contributed by atoms with Crippen LogP contribution >= 0.6 is 0 Å². The van der Waals surface area contributed by atoms with E-state index < -0.39 is 29.7 Å². The van der Waals surface area contributed by atoms with Crippen molar-refractivity contribution in [3.63, 3.8) is 0 Å². The molecule has 0 saturated carbocycles. The molecule has 1 aliphatic heterocycles. The first-order chi connectivity index (χ1) is 12.3. The van der Waals surface area contributed by atoms with E-state index in [2.05, 4.69) is 0 Å². The molecule has 2 aromatic rings. The first-order valence-electron chi connectivity index (χ1n) is 7.62. The summed E-state index contributed by atoms with van der Waals surface area (Å²) >= 11 is 0. The minimum Gasteiger partial charge on any atom is -0.508 e. The van der Waals surface area contributed by atoms with Gasteiger partial charge in [-0.25, -0.2) is 0 Å². The van der Waals surface area contributed by atoms with E-state index in [0.717, 1.165) is 6.92 Å². The van der Waals surface area contributed by atoms with E-state index in [9.17, 15) is 24.9 Å². The lowest BCUT2D eigenvalue weighted by Crippen LogP contribution is -2.39. The standard InChI is InChI=1S/C18H16O8/c1-8(19)25-18-16(23)15-13(24-2)6-10(20)7-14(15)26-17(18)9-3-4-11(21)12(22)5-9/h3-7,17-18,20-22H,1-2H3/t17-,18+/m1/s1. The smallest absolute Gasteiger partial charge is 0.303 e. The van der Waals surface area contributed by atoms with Crippen molar-refractivity contribution >= 4 is 11.8 Å². The van der Waals surface area contributed by atoms with Crippen molar-refractivity contribution in [3.05, 3.63) is 41.5 Å². The Balaban J connectivity index is 2.14. The lowest BCUT2D eigenvalue weighted by atomic mass is 9.92. The molecule has 0 bridgehead atoms. The van der Waals surface area contributed by atoms with E-state index in [4.69, 9.17) is 14.2 Å². The van der Waals surface area contributed by atoms with Gasteiger partial charge in [0.15, 0.2) is 17.6 Å². The Labute approximate surface area is 148 Å². The summed E-state index contributed by atoms with van der Waals surface area (Å²) in [6.45, 7) is 1.15. The van der Waals surface area contributed by atoms with Gasteiger partial charge in [0, 0.05) is 24.6 Å². The Kier molecular flexibility index (Phi) is 4.33. The monoisotopic (exact) mass is 360 g/mol. The van der Waals surface area contributed by atoms with E-state index in [1.54, 1.807) is 0 Å². The fourth-order valence-electron chi connectivity index (χ4n) is 2.81. The zero-order valence-corrected chi connectivity index (χ0v) is 13.9. The molecule has 0 fully saturated rings. The maximum Gasteiger partial charge on any atom is 0.303 e. The number of hydrogen-bond acceptors (Lipinski definition) is 8. The molecule has 0 spiro atoms. The van der Waals surface area contributed by atoms with E-state index in [-0.39, 0.29) is 28.6 Å². The molecule has 1 heterocycles. The summed E-state index contributed by atoms with van der Waals surface area (Å²) in [5.41, 5.74) is 0.337. The van der Waals surface area contributed by atoms with Gasteiger partial charge in [-0.15, -0.1) is 0 Å². The van der Waals surface area contributed by atoms with Crippen molar-refractivity contribution in [2.24, 2.45) is 0 Å². The molecule has 0 aliphatic carbocycles. The van der Waals surface area contributed by atoms with Crippen molar-refractivity contribution in [2.75, 3.05) is 7.11 Å². The summed E-state index contributed by atoms with van der Waals surface area (Å²) in [6.07, 6.45) is -2.42. The van der Waals surface area contributed by atoms with Gasteiger partial charge in [-0.3, -0.25) is 9.59 Å². The number of Topliss-reactive ketones (excluding diaryl/α,β-unsaturated/α-hetero) is 1. The fourth-order valence-corrected chi connectivity index (χ4v) is 2.81. The number of carbonyl (C=O) groups excluding carboxylic acids is 2. The molecule has 136 valence electrons. The van der Waals surface area contributed by atoms with Crippen LogP contribution in [-0.2, 0) is 9.53 Å². The van der Waals surface area contributed by atoms with Crippen LogP contribution < -0.4 is 9.47 Å². The molecule has 2 aromatic carbocycles. The van der Waals surface area contributed by atoms with Crippen LogP contribution in [0.3, 0.4) is 0 Å². The van der Waals surface area contributed by atoms with Crippen molar-refractivity contribution in [1.29, 1.82) is 0 Å². The van der Waals surface area contributed by atoms with Crippen LogP contribution in [0.1, 0.15) is 28.9 Å². The number of carbonyl (C=O) groups is 2. The molecular weight excluding hydrogens is 344 g/mol. The normalized spacial score (nSPS) is 18.6. The maximum atomic E-state index is 12.9. The number of esters is 1. The highest BCUT2D eigenvalue weighted by Crippen LogP contribution is 2.44. The minimum atomic E-state index is -1.33. The predicted octanol–water partition coefficient (Wildman–Crippen LogP) is 2.06. The third kappa shape index (κ3) is 2.97. The quantitative estimate of drug-likeness (QED) is 0.561. The van der Waals surface area contributed by atoms with E-state index in [0.29, 0.717) is 5.56 Å². The largest absolute Gasteiger partial charge is 0.508 e. The molecule has 0 saturated heterocycles. The lowest BCUT2D eigenvalue weighted by molar-refractivity contribution is -0.148. The SMILES string of the molecule is COc1cc(O)cc2c1C(=O)[C@H](OC(C)=O)[C@@H](c1ccc(O)c(O)c1)O2. The van der Waals surface area contributed by atoms with Crippen molar-refractivity contribution in [2.45, 2.75) is 19.1 Å². The Morgan fingerprint density at radius 1 is 1.12 bits per heavy atom. The van der Waals surface area contributed by atoms with E-state index in [1.165, 1.54) is 37.4 Å². The lowest BCUT2D eigenvalue weighted by Gasteiger charge is -2.32. The van der Waals surface area contributed by atoms with Gasteiger partial charge in [-0.1, -0.05) is 6.07 Å². The van der Waals surface area contributed by atoms with Crippen LogP contribution in [0.25, 0.3) is 0 Å². The molecule has 0 unspecified atom stereocenters. The topological polar surface area (TPSA) is 123 Å². The summed E-state index contributed by atoms with van der Waals surface area (Å²) in [7, 11) is 1.33. The average Bonchev–Trinajstić information content (AvgIpc) is 2.58. The third-order valence-electron chi connectivity index (χ3n) is 3.93. The number of ether oxygens (including phenoxy) is 3. The Hall–Kier alpha value is -3.42. The Bertz CT molecular complexity index is 889. The van der Waals surface area contributed by atoms with Gasteiger partial charge in [0.05, 0.1) is 7.11 Å². The van der Waals surface area contributed by atoms with Gasteiger partial charge >= 0.3 is 5.97 Å². The zero-order chi connectivity index (χ0) is 19.0. The predicted molar refractivity (Wildman–Crippen MR) is 87.7 cm³/mol.